The van der Waals surface area contributed by atoms with Gasteiger partial charge in [0, 0.05) is 30.3 Å². The molecule has 0 bridgehead atoms. The molecule has 0 fully saturated rings. The summed E-state index contributed by atoms with van der Waals surface area (Å²) in [5.74, 6) is 0.200. The lowest BCUT2D eigenvalue weighted by molar-refractivity contribution is -0.157. The summed E-state index contributed by atoms with van der Waals surface area (Å²) in [6.45, 7) is 4.85. The molecule has 0 heterocycles. The van der Waals surface area contributed by atoms with E-state index in [4.69, 9.17) is 14.2 Å². The van der Waals surface area contributed by atoms with Crippen molar-refractivity contribution in [3.05, 3.63) is 65.7 Å². The number of benzene rings is 2. The van der Waals surface area contributed by atoms with Crippen molar-refractivity contribution in [1.29, 1.82) is 0 Å². The average Bonchev–Trinajstić information content (AvgIpc) is 2.76. The Morgan fingerprint density at radius 2 is 1.66 bits per heavy atom. The number of likely N-dealkylation sites (N-methyl/N-ethyl adjacent to an activating group) is 1. The summed E-state index contributed by atoms with van der Waals surface area (Å²) in [4.78, 5) is 27.0. The normalized spacial score (nSPS) is 11.7. The minimum atomic E-state index is -1.000. The fraction of sp³-hybridized carbons (Fsp3) is 0.304. The molecule has 2 rings (SSSR count). The van der Waals surface area contributed by atoms with E-state index in [1.54, 1.807) is 48.4 Å². The Morgan fingerprint density at radius 1 is 0.966 bits per heavy atom. The molecule has 6 heteroatoms. The minimum Gasteiger partial charge on any atom is -0.493 e. The fourth-order valence-corrected chi connectivity index (χ4v) is 2.95. The van der Waals surface area contributed by atoms with Gasteiger partial charge in [-0.15, -0.1) is 0 Å². The molecule has 0 radical (unpaired) electrons. The molecule has 0 aliphatic heterocycles. The summed E-state index contributed by atoms with van der Waals surface area (Å²) in [7, 11) is 3.07. The van der Waals surface area contributed by atoms with Gasteiger partial charge < -0.3 is 19.1 Å². The van der Waals surface area contributed by atoms with Gasteiger partial charge in [-0.3, -0.25) is 4.79 Å². The summed E-state index contributed by atoms with van der Waals surface area (Å²) in [6.07, 6.45) is 1.86. The number of rotatable bonds is 9. The highest BCUT2D eigenvalue weighted by molar-refractivity contribution is 5.91. The zero-order valence-corrected chi connectivity index (χ0v) is 17.3. The van der Waals surface area contributed by atoms with E-state index in [1.807, 2.05) is 32.0 Å². The third kappa shape index (κ3) is 5.60. The Balaban J connectivity index is 2.24. The summed E-state index contributed by atoms with van der Waals surface area (Å²) in [5.41, 5.74) is 1.29. The van der Waals surface area contributed by atoms with E-state index in [0.717, 1.165) is 0 Å². The molecule has 0 N–H and O–H groups in total. The van der Waals surface area contributed by atoms with Crippen LogP contribution in [0.25, 0.3) is 6.08 Å². The van der Waals surface area contributed by atoms with Gasteiger partial charge in [0.05, 0.1) is 14.2 Å². The lowest BCUT2D eigenvalue weighted by Crippen LogP contribution is -2.36. The molecule has 6 nitrogen and oxygen atoms in total. The van der Waals surface area contributed by atoms with E-state index in [0.29, 0.717) is 35.7 Å². The highest BCUT2D eigenvalue weighted by Crippen LogP contribution is 2.31. The molecule has 0 aliphatic carbocycles. The summed E-state index contributed by atoms with van der Waals surface area (Å²) < 4.78 is 16.2. The Morgan fingerprint density at radius 3 is 2.24 bits per heavy atom. The predicted octanol–water partition coefficient (Wildman–Crippen LogP) is 3.87. The molecule has 0 unspecified atom stereocenters. The summed E-state index contributed by atoms with van der Waals surface area (Å²) >= 11 is 0. The van der Waals surface area contributed by atoms with Crippen LogP contribution in [0.5, 0.6) is 11.5 Å². The molecule has 0 saturated carbocycles. The molecule has 0 saturated heterocycles. The maximum atomic E-state index is 12.9. The molecule has 0 aromatic heterocycles. The Bertz CT molecular complexity index is 844. The Hall–Kier alpha value is -3.28. The first-order valence-electron chi connectivity index (χ1n) is 9.49. The van der Waals surface area contributed by atoms with Crippen LogP contribution in [-0.2, 0) is 14.3 Å². The number of carbonyl (C=O) groups excluding carboxylic acids is 2. The fourth-order valence-electron chi connectivity index (χ4n) is 2.95. The van der Waals surface area contributed by atoms with Crippen LogP contribution in [0.3, 0.4) is 0 Å². The van der Waals surface area contributed by atoms with Crippen molar-refractivity contribution in [3.63, 3.8) is 0 Å². The second kappa shape index (κ2) is 10.9. The molecule has 2 aromatic carbocycles. The predicted molar refractivity (Wildman–Crippen MR) is 112 cm³/mol. The Labute approximate surface area is 171 Å². The van der Waals surface area contributed by atoms with E-state index >= 15 is 0 Å². The zero-order valence-electron chi connectivity index (χ0n) is 17.3. The zero-order chi connectivity index (χ0) is 21.2. The van der Waals surface area contributed by atoms with E-state index in [1.165, 1.54) is 13.2 Å². The van der Waals surface area contributed by atoms with Crippen molar-refractivity contribution in [2.75, 3.05) is 27.3 Å². The second-order valence-electron chi connectivity index (χ2n) is 6.15. The minimum absolute atomic E-state index is 0.248. The van der Waals surface area contributed by atoms with Crippen LogP contribution in [0, 0.1) is 0 Å². The van der Waals surface area contributed by atoms with Gasteiger partial charge >= 0.3 is 5.97 Å². The Kier molecular flexibility index (Phi) is 8.27. The first-order valence-corrected chi connectivity index (χ1v) is 9.49. The molecule has 1 amide bonds. The molecule has 2 aromatic rings. The van der Waals surface area contributed by atoms with Crippen molar-refractivity contribution in [3.8, 4) is 11.5 Å². The first-order chi connectivity index (χ1) is 14.0. The van der Waals surface area contributed by atoms with Gasteiger partial charge in [-0.2, -0.15) is 0 Å². The number of nitrogens with zero attached hydrogens (tertiary/aromatic N) is 1. The first kappa shape index (κ1) is 22.0. The van der Waals surface area contributed by atoms with Crippen LogP contribution in [0.1, 0.15) is 31.1 Å². The van der Waals surface area contributed by atoms with Gasteiger partial charge in [0.2, 0.25) is 6.10 Å². The highest BCUT2D eigenvalue weighted by Gasteiger charge is 2.27. The number of hydrogen-bond donors (Lipinski definition) is 0. The van der Waals surface area contributed by atoms with Crippen molar-refractivity contribution < 1.29 is 23.8 Å². The smallest absolute Gasteiger partial charge is 0.331 e. The highest BCUT2D eigenvalue weighted by atomic mass is 16.5. The van der Waals surface area contributed by atoms with Gasteiger partial charge in [0.15, 0.2) is 11.5 Å². The van der Waals surface area contributed by atoms with Crippen molar-refractivity contribution in [2.24, 2.45) is 0 Å². The molecule has 1 atom stereocenters. The molecule has 0 spiro atoms. The van der Waals surface area contributed by atoms with E-state index < -0.39 is 12.1 Å². The SMILES string of the molecule is CCN(CC)C(=O)[C@H](OC(=O)/C=C/c1cccc(OC)c1OC)c1ccccc1. The number of amides is 1. The number of para-hydroxylation sites is 1. The second-order valence-corrected chi connectivity index (χ2v) is 6.15. The lowest BCUT2D eigenvalue weighted by atomic mass is 10.1. The topological polar surface area (TPSA) is 65.1 Å². The van der Waals surface area contributed by atoms with Crippen LogP contribution in [0.15, 0.2) is 54.6 Å². The van der Waals surface area contributed by atoms with Gasteiger partial charge in [0.25, 0.3) is 5.91 Å². The molecule has 29 heavy (non-hydrogen) atoms. The van der Waals surface area contributed by atoms with Gasteiger partial charge in [0.1, 0.15) is 0 Å². The number of ether oxygens (including phenoxy) is 3. The molecule has 0 aliphatic rings. The average molecular weight is 397 g/mol. The van der Waals surface area contributed by atoms with E-state index in [-0.39, 0.29) is 5.91 Å². The lowest BCUT2D eigenvalue weighted by Gasteiger charge is -2.25. The van der Waals surface area contributed by atoms with Crippen molar-refractivity contribution >= 4 is 18.0 Å². The third-order valence-corrected chi connectivity index (χ3v) is 4.47. The van der Waals surface area contributed by atoms with Crippen LogP contribution in [0.2, 0.25) is 0 Å². The van der Waals surface area contributed by atoms with Crippen LogP contribution in [-0.4, -0.2) is 44.1 Å². The van der Waals surface area contributed by atoms with Crippen molar-refractivity contribution in [2.45, 2.75) is 20.0 Å². The van der Waals surface area contributed by atoms with E-state index in [9.17, 15) is 9.59 Å². The van der Waals surface area contributed by atoms with Crippen molar-refractivity contribution in [1.82, 2.24) is 4.90 Å². The van der Waals surface area contributed by atoms with E-state index in [2.05, 4.69) is 0 Å². The van der Waals surface area contributed by atoms with Gasteiger partial charge in [-0.25, -0.2) is 4.79 Å². The number of carbonyl (C=O) groups is 2. The van der Waals surface area contributed by atoms with Crippen LogP contribution in [0.4, 0.5) is 0 Å². The quantitative estimate of drug-likeness (QED) is 0.475. The standard InChI is InChI=1S/C23H27NO5/c1-5-24(6-2)23(26)22(17-11-8-7-9-12-17)29-20(25)16-15-18-13-10-14-19(27-3)21(18)28-4/h7-16,22H,5-6H2,1-4H3/b16-15+/t22-/m1/s1. The largest absolute Gasteiger partial charge is 0.493 e. The molecular weight excluding hydrogens is 370 g/mol. The van der Waals surface area contributed by atoms with Crippen LogP contribution >= 0.6 is 0 Å². The summed E-state index contributed by atoms with van der Waals surface area (Å²) in [6, 6.07) is 14.4. The summed E-state index contributed by atoms with van der Waals surface area (Å²) in [5, 5.41) is 0. The third-order valence-electron chi connectivity index (χ3n) is 4.47. The number of methoxy groups -OCH3 is 2. The molecular formula is C23H27NO5. The van der Waals surface area contributed by atoms with Crippen LogP contribution < -0.4 is 9.47 Å². The monoisotopic (exact) mass is 397 g/mol. The van der Waals surface area contributed by atoms with Gasteiger partial charge in [-0.05, 0) is 26.0 Å². The van der Waals surface area contributed by atoms with Gasteiger partial charge in [-0.1, -0.05) is 42.5 Å². The maximum Gasteiger partial charge on any atom is 0.331 e. The number of esters is 1. The maximum absolute atomic E-state index is 12.9. The number of hydrogen-bond acceptors (Lipinski definition) is 5. The molecule has 154 valence electrons.